The minimum absolute atomic E-state index is 0.00801. The molecule has 6 nitrogen and oxygen atoms in total. The van der Waals surface area contributed by atoms with Crippen LogP contribution in [0.25, 0.3) is 5.53 Å². The molecular formula is C11H10FN3O3. The topological polar surface area (TPSA) is 106 Å². The largest absolute Gasteiger partial charge is 0.437 e. The number of carbonyl (C=O) groups excluding carboxylic acids is 2. The van der Waals surface area contributed by atoms with E-state index in [0.29, 0.717) is 11.8 Å². The van der Waals surface area contributed by atoms with E-state index in [2.05, 4.69) is 9.53 Å². The molecule has 0 bridgehead atoms. The van der Waals surface area contributed by atoms with Crippen molar-refractivity contribution in [3.05, 3.63) is 41.2 Å². The first-order valence-corrected chi connectivity index (χ1v) is 4.94. The van der Waals surface area contributed by atoms with Gasteiger partial charge in [0.05, 0.1) is 0 Å². The fourth-order valence-electron chi connectivity index (χ4n) is 1.32. The molecule has 1 amide bonds. The normalized spacial score (nSPS) is 11.2. The number of ketones is 1. The van der Waals surface area contributed by atoms with Gasteiger partial charge >= 0.3 is 12.3 Å². The maximum absolute atomic E-state index is 12.7. The van der Waals surface area contributed by atoms with Gasteiger partial charge in [0, 0.05) is 6.42 Å². The van der Waals surface area contributed by atoms with Crippen molar-refractivity contribution in [2.75, 3.05) is 0 Å². The zero-order valence-corrected chi connectivity index (χ0v) is 9.25. The summed E-state index contributed by atoms with van der Waals surface area (Å²) in [7, 11) is 0. The van der Waals surface area contributed by atoms with E-state index in [4.69, 9.17) is 11.3 Å². The summed E-state index contributed by atoms with van der Waals surface area (Å²) in [6.07, 6.45) is -1.71. The SMILES string of the molecule is [N-]=[N+]=CC(=O)[C@@H](Cc1ccc(F)cc1)OC(N)=O. The monoisotopic (exact) mass is 251 g/mol. The summed E-state index contributed by atoms with van der Waals surface area (Å²) in [5, 5.41) is 0. The van der Waals surface area contributed by atoms with Crippen LogP contribution < -0.4 is 5.73 Å². The molecule has 0 aliphatic rings. The van der Waals surface area contributed by atoms with Crippen LogP contribution in [0.2, 0.25) is 0 Å². The second kappa shape index (κ2) is 6.27. The van der Waals surface area contributed by atoms with Crippen molar-refractivity contribution in [1.29, 1.82) is 0 Å². The van der Waals surface area contributed by atoms with Gasteiger partial charge in [-0.1, -0.05) is 12.1 Å². The van der Waals surface area contributed by atoms with Gasteiger partial charge in [0.25, 0.3) is 5.78 Å². The Labute approximate surface area is 102 Å². The van der Waals surface area contributed by atoms with Crippen LogP contribution in [0.1, 0.15) is 5.56 Å². The fraction of sp³-hybridized carbons (Fsp3) is 0.182. The van der Waals surface area contributed by atoms with E-state index in [1.165, 1.54) is 24.3 Å². The summed E-state index contributed by atoms with van der Waals surface area (Å²) in [5.74, 6) is -1.14. The quantitative estimate of drug-likeness (QED) is 0.473. The van der Waals surface area contributed by atoms with E-state index in [9.17, 15) is 14.0 Å². The van der Waals surface area contributed by atoms with E-state index in [1.807, 2.05) is 0 Å². The maximum atomic E-state index is 12.7. The minimum Gasteiger partial charge on any atom is -0.437 e. The van der Waals surface area contributed by atoms with Crippen LogP contribution in [0.5, 0.6) is 0 Å². The van der Waals surface area contributed by atoms with Gasteiger partial charge in [0.1, 0.15) is 5.82 Å². The van der Waals surface area contributed by atoms with Crippen molar-refractivity contribution in [3.63, 3.8) is 0 Å². The lowest BCUT2D eigenvalue weighted by molar-refractivity contribution is -0.123. The summed E-state index contributed by atoms with van der Waals surface area (Å²) in [5.41, 5.74) is 13.6. The van der Waals surface area contributed by atoms with Gasteiger partial charge in [-0.25, -0.2) is 9.18 Å². The molecule has 0 aliphatic carbocycles. The van der Waals surface area contributed by atoms with E-state index >= 15 is 0 Å². The van der Waals surface area contributed by atoms with Crippen molar-refractivity contribution < 1.29 is 23.5 Å². The number of Topliss-reactive ketones (excluding diaryl/α,β-unsaturated/α-hetero) is 1. The molecule has 94 valence electrons. The van der Waals surface area contributed by atoms with Crippen LogP contribution in [-0.2, 0) is 16.0 Å². The lowest BCUT2D eigenvalue weighted by Gasteiger charge is -2.11. The maximum Gasteiger partial charge on any atom is 0.405 e. The van der Waals surface area contributed by atoms with Crippen LogP contribution >= 0.6 is 0 Å². The molecule has 1 aromatic rings. The van der Waals surface area contributed by atoms with Crippen LogP contribution in [0.4, 0.5) is 9.18 Å². The third-order valence-electron chi connectivity index (χ3n) is 2.10. The Morgan fingerprint density at radius 3 is 2.56 bits per heavy atom. The number of nitrogens with two attached hydrogens (primary N) is 1. The predicted molar refractivity (Wildman–Crippen MR) is 59.3 cm³/mol. The highest BCUT2D eigenvalue weighted by atomic mass is 19.1. The first-order chi connectivity index (χ1) is 8.52. The van der Waals surface area contributed by atoms with Gasteiger partial charge in [-0.15, -0.1) is 0 Å². The molecular weight excluding hydrogens is 241 g/mol. The molecule has 7 heteroatoms. The number of carbonyl (C=O) groups is 2. The number of hydrogen-bond acceptors (Lipinski definition) is 3. The van der Waals surface area contributed by atoms with E-state index in [-0.39, 0.29) is 6.42 Å². The fourth-order valence-corrected chi connectivity index (χ4v) is 1.32. The number of halogens is 1. The second-order valence-corrected chi connectivity index (χ2v) is 3.40. The Hall–Kier alpha value is -2.53. The highest BCUT2D eigenvalue weighted by molar-refractivity contribution is 6.27. The molecule has 0 saturated carbocycles. The molecule has 1 atom stereocenters. The molecule has 0 unspecified atom stereocenters. The highest BCUT2D eigenvalue weighted by Crippen LogP contribution is 2.08. The molecule has 0 aliphatic heterocycles. The van der Waals surface area contributed by atoms with Gasteiger partial charge in [0.2, 0.25) is 0 Å². The molecule has 0 spiro atoms. The molecule has 1 rings (SSSR count). The van der Waals surface area contributed by atoms with Gasteiger partial charge in [-0.3, -0.25) is 4.79 Å². The average Bonchev–Trinajstić information content (AvgIpc) is 2.31. The van der Waals surface area contributed by atoms with Crippen molar-refractivity contribution >= 4 is 18.1 Å². The molecule has 0 radical (unpaired) electrons. The average molecular weight is 251 g/mol. The minimum atomic E-state index is -1.20. The van der Waals surface area contributed by atoms with Gasteiger partial charge in [-0.2, -0.15) is 4.79 Å². The van der Waals surface area contributed by atoms with Gasteiger partial charge in [0.15, 0.2) is 6.10 Å². The summed E-state index contributed by atoms with van der Waals surface area (Å²) in [6, 6.07) is 5.30. The van der Waals surface area contributed by atoms with Crippen LogP contribution in [0.3, 0.4) is 0 Å². The van der Waals surface area contributed by atoms with E-state index in [0.717, 1.165) is 0 Å². The number of primary amides is 1. The van der Waals surface area contributed by atoms with Crippen molar-refractivity contribution in [1.82, 2.24) is 0 Å². The number of ether oxygens (including phenoxy) is 1. The van der Waals surface area contributed by atoms with Gasteiger partial charge in [-0.05, 0) is 17.7 Å². The first-order valence-electron chi connectivity index (χ1n) is 4.94. The van der Waals surface area contributed by atoms with Crippen molar-refractivity contribution in [3.8, 4) is 0 Å². The first kappa shape index (κ1) is 13.5. The van der Waals surface area contributed by atoms with Gasteiger partial charge < -0.3 is 16.0 Å². The molecule has 0 fully saturated rings. The Balaban J connectivity index is 2.83. The standard InChI is InChI=1S/C11H10FN3O3/c12-8-3-1-7(2-4-8)5-10(18-11(13)17)9(16)6-15-14/h1-4,6,10H,5H2,(H2,13,17)/t10-/m1/s1. The van der Waals surface area contributed by atoms with Crippen molar-refractivity contribution in [2.24, 2.45) is 5.73 Å². The lowest BCUT2D eigenvalue weighted by Crippen LogP contribution is -2.32. The third-order valence-corrected chi connectivity index (χ3v) is 2.10. The number of nitrogens with zero attached hydrogens (tertiary/aromatic N) is 2. The Bertz CT molecular complexity index is 495. The lowest BCUT2D eigenvalue weighted by atomic mass is 10.1. The molecule has 18 heavy (non-hydrogen) atoms. The Morgan fingerprint density at radius 1 is 1.44 bits per heavy atom. The Kier molecular flexibility index (Phi) is 4.71. The molecule has 0 aromatic heterocycles. The Morgan fingerprint density at radius 2 is 2.06 bits per heavy atom. The second-order valence-electron chi connectivity index (χ2n) is 3.40. The number of rotatable bonds is 5. The smallest absolute Gasteiger partial charge is 0.405 e. The summed E-state index contributed by atoms with van der Waals surface area (Å²) in [6.45, 7) is 0. The number of hydrogen-bond donors (Lipinski definition) is 1. The number of benzene rings is 1. The summed E-state index contributed by atoms with van der Waals surface area (Å²) < 4.78 is 17.3. The van der Waals surface area contributed by atoms with E-state index < -0.39 is 23.8 Å². The predicted octanol–water partition coefficient (Wildman–Crippen LogP) is 0.702. The molecule has 1 aromatic carbocycles. The highest BCUT2D eigenvalue weighted by Gasteiger charge is 2.23. The summed E-state index contributed by atoms with van der Waals surface area (Å²) in [4.78, 5) is 24.6. The molecule has 2 N–H and O–H groups in total. The van der Waals surface area contributed by atoms with Crippen LogP contribution in [0, 0.1) is 5.82 Å². The number of amides is 1. The van der Waals surface area contributed by atoms with Crippen molar-refractivity contribution in [2.45, 2.75) is 12.5 Å². The summed E-state index contributed by atoms with van der Waals surface area (Å²) >= 11 is 0. The van der Waals surface area contributed by atoms with E-state index in [1.54, 1.807) is 0 Å². The zero-order valence-electron chi connectivity index (χ0n) is 9.25. The molecule has 0 heterocycles. The van der Waals surface area contributed by atoms with Crippen LogP contribution in [0.15, 0.2) is 24.3 Å². The third kappa shape index (κ3) is 4.15. The molecule has 0 saturated heterocycles. The zero-order chi connectivity index (χ0) is 13.5. The van der Waals surface area contributed by atoms with Crippen LogP contribution in [-0.4, -0.2) is 29.0 Å².